The van der Waals surface area contributed by atoms with E-state index < -0.39 is 5.82 Å². The molecule has 0 aromatic carbocycles. The van der Waals surface area contributed by atoms with Crippen LogP contribution in [-0.2, 0) is 20.7 Å². The molecule has 2 fully saturated rings. The van der Waals surface area contributed by atoms with Gasteiger partial charge in [0, 0.05) is 38.5 Å². The lowest BCUT2D eigenvalue weighted by molar-refractivity contribution is -0.135. The number of likely N-dealkylation sites (tertiary alicyclic amines) is 2. The van der Waals surface area contributed by atoms with Crippen molar-refractivity contribution in [2.24, 2.45) is 5.41 Å². The zero-order valence-corrected chi connectivity index (χ0v) is 17.6. The number of rotatable bonds is 4. The van der Waals surface area contributed by atoms with Crippen molar-refractivity contribution in [2.45, 2.75) is 32.1 Å². The molecule has 5 rings (SSSR count). The fraction of sp³-hybridized carbons (Fsp3) is 0.524. The molecule has 0 aliphatic carbocycles. The first-order valence-electron chi connectivity index (χ1n) is 10.8. The average Bonchev–Trinajstić information content (AvgIpc) is 3.47. The van der Waals surface area contributed by atoms with Crippen LogP contribution in [-0.4, -0.2) is 79.7 Å². The third-order valence-corrected chi connectivity index (χ3v) is 6.85. The molecule has 168 valence electrons. The van der Waals surface area contributed by atoms with Crippen LogP contribution in [0, 0.1) is 11.2 Å². The minimum absolute atomic E-state index is 0.00162. The Balaban J connectivity index is 1.14. The SMILES string of the molecule is O=C1C=C(N2CCC3(CCN(C(=O)Cc4cnc(-n5cnnn5)c(F)c4)CC3)CC2)CO1. The number of ether oxygens (including phenoxy) is 1. The van der Waals surface area contributed by atoms with Gasteiger partial charge in [0.15, 0.2) is 11.6 Å². The third-order valence-electron chi connectivity index (χ3n) is 6.85. The van der Waals surface area contributed by atoms with Crippen LogP contribution in [0.3, 0.4) is 0 Å². The Labute approximate surface area is 184 Å². The number of hydrogen-bond donors (Lipinski definition) is 0. The first-order valence-corrected chi connectivity index (χ1v) is 10.8. The van der Waals surface area contributed by atoms with E-state index in [9.17, 15) is 14.0 Å². The Morgan fingerprint density at radius 1 is 1.16 bits per heavy atom. The van der Waals surface area contributed by atoms with Gasteiger partial charge in [-0.2, -0.15) is 4.68 Å². The van der Waals surface area contributed by atoms with E-state index in [1.54, 1.807) is 6.08 Å². The number of hydrogen-bond acceptors (Lipinski definition) is 8. The molecule has 0 radical (unpaired) electrons. The van der Waals surface area contributed by atoms with Crippen LogP contribution >= 0.6 is 0 Å². The van der Waals surface area contributed by atoms with E-state index in [4.69, 9.17) is 4.74 Å². The fourth-order valence-electron chi connectivity index (χ4n) is 4.83. The molecule has 10 nitrogen and oxygen atoms in total. The van der Waals surface area contributed by atoms with Crippen LogP contribution in [0.4, 0.5) is 4.39 Å². The van der Waals surface area contributed by atoms with Gasteiger partial charge in [-0.25, -0.2) is 14.2 Å². The molecule has 0 saturated carbocycles. The highest BCUT2D eigenvalue weighted by Gasteiger charge is 2.39. The van der Waals surface area contributed by atoms with Crippen molar-refractivity contribution in [1.29, 1.82) is 0 Å². The van der Waals surface area contributed by atoms with Crippen LogP contribution in [0.5, 0.6) is 0 Å². The first-order chi connectivity index (χ1) is 15.5. The van der Waals surface area contributed by atoms with Crippen LogP contribution in [0.2, 0.25) is 0 Å². The first kappa shape index (κ1) is 20.5. The average molecular weight is 441 g/mol. The Morgan fingerprint density at radius 2 is 1.91 bits per heavy atom. The number of aromatic nitrogens is 5. The van der Waals surface area contributed by atoms with Crippen LogP contribution in [0.15, 0.2) is 30.4 Å². The summed E-state index contributed by atoms with van der Waals surface area (Å²) in [7, 11) is 0. The third kappa shape index (κ3) is 4.06. The number of piperidine rings is 2. The second-order valence-electron chi connectivity index (χ2n) is 8.69. The number of halogens is 1. The predicted octanol–water partition coefficient (Wildman–Crippen LogP) is 0.884. The topological polar surface area (TPSA) is 106 Å². The van der Waals surface area contributed by atoms with Crippen LogP contribution in [0.25, 0.3) is 5.82 Å². The summed E-state index contributed by atoms with van der Waals surface area (Å²) < 4.78 is 20.5. The molecule has 2 aromatic rings. The second-order valence-corrected chi connectivity index (χ2v) is 8.69. The molecule has 1 amide bonds. The normalized spacial score (nSPS) is 20.4. The number of carbonyl (C=O) groups is 2. The Bertz CT molecular complexity index is 1040. The van der Waals surface area contributed by atoms with E-state index in [1.807, 2.05) is 4.90 Å². The van der Waals surface area contributed by atoms with Gasteiger partial charge in [-0.3, -0.25) is 4.79 Å². The molecule has 0 N–H and O–H groups in total. The summed E-state index contributed by atoms with van der Waals surface area (Å²) in [4.78, 5) is 32.3. The van der Waals surface area contributed by atoms with Crippen molar-refractivity contribution in [1.82, 2.24) is 35.0 Å². The quantitative estimate of drug-likeness (QED) is 0.644. The summed E-state index contributed by atoms with van der Waals surface area (Å²) in [5, 5.41) is 10.6. The lowest BCUT2D eigenvalue weighted by Gasteiger charge is -2.47. The molecule has 0 unspecified atom stereocenters. The zero-order valence-electron chi connectivity index (χ0n) is 17.6. The molecular weight excluding hydrogens is 417 g/mol. The highest BCUT2D eigenvalue weighted by molar-refractivity contribution is 5.85. The molecule has 2 saturated heterocycles. The Morgan fingerprint density at radius 3 is 2.53 bits per heavy atom. The van der Waals surface area contributed by atoms with E-state index >= 15 is 0 Å². The van der Waals surface area contributed by atoms with Gasteiger partial charge in [0.2, 0.25) is 5.91 Å². The fourth-order valence-corrected chi connectivity index (χ4v) is 4.83. The smallest absolute Gasteiger partial charge is 0.333 e. The van der Waals surface area contributed by atoms with Gasteiger partial charge in [0.25, 0.3) is 0 Å². The molecule has 0 bridgehead atoms. The standard InChI is InChI=1S/C21H24FN7O3/c22-17-9-15(12-23-20(17)29-14-24-25-26-29)10-18(30)28-7-3-21(4-8-28)1-5-27(6-2-21)16-11-19(31)32-13-16/h9,11-12,14H,1-8,10,13H2. The number of amides is 1. The highest BCUT2D eigenvalue weighted by Crippen LogP contribution is 2.42. The van der Waals surface area contributed by atoms with Gasteiger partial charge in [-0.15, -0.1) is 5.10 Å². The van der Waals surface area contributed by atoms with Gasteiger partial charge in [-0.05, 0) is 53.2 Å². The van der Waals surface area contributed by atoms with Gasteiger partial charge in [-0.1, -0.05) is 0 Å². The molecule has 32 heavy (non-hydrogen) atoms. The van der Waals surface area contributed by atoms with Crippen molar-refractivity contribution in [3.63, 3.8) is 0 Å². The van der Waals surface area contributed by atoms with Crippen molar-refractivity contribution < 1.29 is 18.7 Å². The molecule has 3 aliphatic heterocycles. The van der Waals surface area contributed by atoms with Gasteiger partial charge >= 0.3 is 5.97 Å². The van der Waals surface area contributed by atoms with Crippen LogP contribution in [0.1, 0.15) is 31.2 Å². The number of carbonyl (C=O) groups excluding carboxylic acids is 2. The minimum atomic E-state index is -0.573. The summed E-state index contributed by atoms with van der Waals surface area (Å²) in [5.41, 5.74) is 1.75. The zero-order chi connectivity index (χ0) is 22.1. The van der Waals surface area contributed by atoms with E-state index in [0.717, 1.165) is 49.2 Å². The molecule has 0 atom stereocenters. The summed E-state index contributed by atoms with van der Waals surface area (Å²) in [5.74, 6) is -0.842. The molecule has 1 spiro atoms. The van der Waals surface area contributed by atoms with Crippen molar-refractivity contribution >= 4 is 11.9 Å². The molecule has 2 aromatic heterocycles. The number of pyridine rings is 1. The maximum Gasteiger partial charge on any atom is 0.333 e. The van der Waals surface area contributed by atoms with Gasteiger partial charge < -0.3 is 14.5 Å². The van der Waals surface area contributed by atoms with Gasteiger partial charge in [0.1, 0.15) is 12.9 Å². The largest absolute Gasteiger partial charge is 0.456 e. The van der Waals surface area contributed by atoms with Crippen molar-refractivity contribution in [3.05, 3.63) is 41.7 Å². The number of tetrazole rings is 1. The molecule has 3 aliphatic rings. The predicted molar refractivity (Wildman–Crippen MR) is 109 cm³/mol. The Hall–Kier alpha value is -3.37. The monoisotopic (exact) mass is 441 g/mol. The van der Waals surface area contributed by atoms with E-state index in [2.05, 4.69) is 25.4 Å². The molecule has 11 heteroatoms. The van der Waals surface area contributed by atoms with Crippen LogP contribution < -0.4 is 0 Å². The number of cyclic esters (lactones) is 1. The minimum Gasteiger partial charge on any atom is -0.456 e. The second kappa shape index (κ2) is 8.29. The maximum atomic E-state index is 14.4. The summed E-state index contributed by atoms with van der Waals surface area (Å²) >= 11 is 0. The van der Waals surface area contributed by atoms with Crippen molar-refractivity contribution in [3.8, 4) is 5.82 Å². The van der Waals surface area contributed by atoms with Gasteiger partial charge in [0.05, 0.1) is 12.1 Å². The molecular formula is C21H24FN7O3. The Kier molecular flexibility index (Phi) is 5.32. The highest BCUT2D eigenvalue weighted by atomic mass is 19.1. The summed E-state index contributed by atoms with van der Waals surface area (Å²) in [6.07, 6.45) is 8.49. The number of nitrogens with zero attached hydrogens (tertiary/aromatic N) is 7. The lowest BCUT2D eigenvalue weighted by atomic mass is 9.71. The van der Waals surface area contributed by atoms with E-state index in [-0.39, 0.29) is 29.5 Å². The number of esters is 1. The molecule has 5 heterocycles. The lowest BCUT2D eigenvalue weighted by Crippen LogP contribution is -2.48. The maximum absolute atomic E-state index is 14.4. The van der Waals surface area contributed by atoms with E-state index in [1.165, 1.54) is 18.6 Å². The van der Waals surface area contributed by atoms with Crippen molar-refractivity contribution in [2.75, 3.05) is 32.8 Å². The summed E-state index contributed by atoms with van der Waals surface area (Å²) in [6.45, 7) is 3.62. The van der Waals surface area contributed by atoms with E-state index in [0.29, 0.717) is 25.3 Å². The summed E-state index contributed by atoms with van der Waals surface area (Å²) in [6, 6.07) is 1.31.